The molecule has 3 amide bonds. The van der Waals surface area contributed by atoms with Crippen molar-refractivity contribution >= 4 is 17.7 Å². The number of nitrogens with one attached hydrogen (secondary N) is 1. The van der Waals surface area contributed by atoms with Crippen LogP contribution in [-0.4, -0.2) is 41.8 Å². The SMILES string of the molecule is C[C@H](N)C(=O)NCCN1C(=O)c2ccccc2C1=O. The van der Waals surface area contributed by atoms with Crippen LogP contribution in [0.2, 0.25) is 0 Å². The first-order valence-corrected chi connectivity index (χ1v) is 6.01. The number of carbonyl (C=O) groups excluding carboxylic acids is 3. The molecule has 100 valence electrons. The summed E-state index contributed by atoms with van der Waals surface area (Å²) in [6.45, 7) is 1.91. The van der Waals surface area contributed by atoms with E-state index in [1.165, 1.54) is 0 Å². The molecular formula is C13H15N3O3. The summed E-state index contributed by atoms with van der Waals surface area (Å²) in [5, 5.41) is 2.57. The Hall–Kier alpha value is -2.21. The van der Waals surface area contributed by atoms with Crippen molar-refractivity contribution < 1.29 is 14.4 Å². The minimum atomic E-state index is -0.609. The van der Waals surface area contributed by atoms with Crippen LogP contribution in [0.3, 0.4) is 0 Å². The van der Waals surface area contributed by atoms with Gasteiger partial charge in [-0.05, 0) is 19.1 Å². The molecule has 0 unspecified atom stereocenters. The molecule has 0 fully saturated rings. The minimum Gasteiger partial charge on any atom is -0.353 e. The molecule has 2 rings (SSSR count). The molecule has 0 spiro atoms. The van der Waals surface area contributed by atoms with Gasteiger partial charge in [0.1, 0.15) is 0 Å². The maximum absolute atomic E-state index is 12.0. The fraction of sp³-hybridized carbons (Fsp3) is 0.308. The Morgan fingerprint density at radius 3 is 2.26 bits per heavy atom. The zero-order valence-corrected chi connectivity index (χ0v) is 10.6. The van der Waals surface area contributed by atoms with Gasteiger partial charge in [-0.3, -0.25) is 19.3 Å². The minimum absolute atomic E-state index is 0.144. The number of hydrogen-bond acceptors (Lipinski definition) is 4. The molecule has 1 atom stereocenters. The zero-order chi connectivity index (χ0) is 14.0. The van der Waals surface area contributed by atoms with Crippen molar-refractivity contribution in [2.75, 3.05) is 13.1 Å². The second kappa shape index (κ2) is 5.19. The van der Waals surface area contributed by atoms with Crippen molar-refractivity contribution in [3.8, 4) is 0 Å². The van der Waals surface area contributed by atoms with Gasteiger partial charge in [0.15, 0.2) is 0 Å². The van der Waals surface area contributed by atoms with Gasteiger partial charge in [-0.25, -0.2) is 0 Å². The molecule has 1 aromatic carbocycles. The maximum atomic E-state index is 12.0. The number of fused-ring (bicyclic) bond motifs is 1. The second-order valence-electron chi connectivity index (χ2n) is 4.39. The van der Waals surface area contributed by atoms with E-state index in [1.807, 2.05) is 0 Å². The molecule has 3 N–H and O–H groups in total. The van der Waals surface area contributed by atoms with Gasteiger partial charge >= 0.3 is 0 Å². The highest BCUT2D eigenvalue weighted by Crippen LogP contribution is 2.21. The van der Waals surface area contributed by atoms with Crippen LogP contribution in [0.1, 0.15) is 27.6 Å². The molecule has 6 heteroatoms. The van der Waals surface area contributed by atoms with Crippen molar-refractivity contribution in [2.24, 2.45) is 5.73 Å². The standard InChI is InChI=1S/C13H15N3O3/c1-8(14)11(17)15-6-7-16-12(18)9-4-2-3-5-10(9)13(16)19/h2-5,8H,6-7,14H2,1H3,(H,15,17)/t8-/m0/s1. The third-order valence-electron chi connectivity index (χ3n) is 2.93. The average Bonchev–Trinajstić information content (AvgIpc) is 2.64. The molecule has 0 radical (unpaired) electrons. The van der Waals surface area contributed by atoms with Gasteiger partial charge in [0.05, 0.1) is 17.2 Å². The van der Waals surface area contributed by atoms with E-state index in [4.69, 9.17) is 5.73 Å². The van der Waals surface area contributed by atoms with Gasteiger partial charge in [0.2, 0.25) is 5.91 Å². The maximum Gasteiger partial charge on any atom is 0.261 e. The first-order chi connectivity index (χ1) is 9.02. The smallest absolute Gasteiger partial charge is 0.261 e. The Bertz CT molecular complexity index is 505. The van der Waals surface area contributed by atoms with E-state index in [0.717, 1.165) is 4.90 Å². The molecule has 6 nitrogen and oxygen atoms in total. The van der Waals surface area contributed by atoms with Gasteiger partial charge in [0, 0.05) is 13.1 Å². The summed E-state index contributed by atoms with van der Waals surface area (Å²) < 4.78 is 0. The van der Waals surface area contributed by atoms with Crippen molar-refractivity contribution in [3.05, 3.63) is 35.4 Å². The number of carbonyl (C=O) groups is 3. The number of amides is 3. The molecular weight excluding hydrogens is 246 g/mol. The number of rotatable bonds is 4. The van der Waals surface area contributed by atoms with E-state index in [1.54, 1.807) is 31.2 Å². The van der Waals surface area contributed by atoms with Crippen molar-refractivity contribution in [3.63, 3.8) is 0 Å². The van der Waals surface area contributed by atoms with Gasteiger partial charge < -0.3 is 11.1 Å². The zero-order valence-electron chi connectivity index (χ0n) is 10.6. The Morgan fingerprint density at radius 2 is 1.79 bits per heavy atom. The summed E-state index contributed by atoms with van der Waals surface area (Å²) in [6.07, 6.45) is 0. The highest BCUT2D eigenvalue weighted by Gasteiger charge is 2.34. The highest BCUT2D eigenvalue weighted by molar-refractivity contribution is 6.21. The first-order valence-electron chi connectivity index (χ1n) is 6.01. The lowest BCUT2D eigenvalue weighted by atomic mass is 10.1. The Labute approximate surface area is 110 Å². The lowest BCUT2D eigenvalue weighted by Gasteiger charge is -2.14. The fourth-order valence-corrected chi connectivity index (χ4v) is 1.89. The van der Waals surface area contributed by atoms with Crippen LogP contribution < -0.4 is 11.1 Å². The van der Waals surface area contributed by atoms with Crippen LogP contribution in [0.15, 0.2) is 24.3 Å². The first kappa shape index (κ1) is 13.2. The van der Waals surface area contributed by atoms with Crippen molar-refractivity contribution in [1.29, 1.82) is 0 Å². The Morgan fingerprint density at radius 1 is 1.26 bits per heavy atom. The summed E-state index contributed by atoms with van der Waals surface area (Å²) in [5.74, 6) is -0.956. The van der Waals surface area contributed by atoms with Gasteiger partial charge in [-0.1, -0.05) is 12.1 Å². The summed E-state index contributed by atoms with van der Waals surface area (Å²) in [5.41, 5.74) is 6.21. The molecule has 1 aliphatic rings. The van der Waals surface area contributed by atoms with Gasteiger partial charge in [0.25, 0.3) is 11.8 Å². The van der Waals surface area contributed by atoms with Crippen LogP contribution in [0.5, 0.6) is 0 Å². The highest BCUT2D eigenvalue weighted by atomic mass is 16.2. The van der Waals surface area contributed by atoms with E-state index in [-0.39, 0.29) is 30.8 Å². The van der Waals surface area contributed by atoms with Crippen LogP contribution in [0.25, 0.3) is 0 Å². The molecule has 1 aliphatic heterocycles. The van der Waals surface area contributed by atoms with E-state index >= 15 is 0 Å². The second-order valence-corrected chi connectivity index (χ2v) is 4.39. The summed E-state index contributed by atoms with van der Waals surface area (Å²) in [6, 6.07) is 6.06. The van der Waals surface area contributed by atoms with E-state index in [9.17, 15) is 14.4 Å². The molecule has 0 saturated carbocycles. The molecule has 0 aliphatic carbocycles. The summed E-state index contributed by atoms with van der Waals surface area (Å²) in [4.78, 5) is 36.4. The summed E-state index contributed by atoms with van der Waals surface area (Å²) in [7, 11) is 0. The third kappa shape index (κ3) is 2.48. The summed E-state index contributed by atoms with van der Waals surface area (Å²) >= 11 is 0. The van der Waals surface area contributed by atoms with Crippen molar-refractivity contribution in [1.82, 2.24) is 10.2 Å². The third-order valence-corrected chi connectivity index (χ3v) is 2.93. The van der Waals surface area contributed by atoms with Gasteiger partial charge in [-0.15, -0.1) is 0 Å². The van der Waals surface area contributed by atoms with Gasteiger partial charge in [-0.2, -0.15) is 0 Å². The molecule has 0 aromatic heterocycles. The number of imide groups is 1. The van der Waals surface area contributed by atoms with E-state index in [0.29, 0.717) is 11.1 Å². The van der Waals surface area contributed by atoms with Crippen LogP contribution in [0, 0.1) is 0 Å². The topological polar surface area (TPSA) is 92.5 Å². The molecule has 1 heterocycles. The number of benzene rings is 1. The molecule has 0 saturated heterocycles. The van der Waals surface area contributed by atoms with Crippen LogP contribution in [0.4, 0.5) is 0 Å². The average molecular weight is 261 g/mol. The van der Waals surface area contributed by atoms with Crippen LogP contribution >= 0.6 is 0 Å². The molecule has 19 heavy (non-hydrogen) atoms. The Kier molecular flexibility index (Phi) is 3.62. The monoisotopic (exact) mass is 261 g/mol. The number of nitrogens with two attached hydrogens (primary N) is 1. The normalized spacial score (nSPS) is 15.4. The lowest BCUT2D eigenvalue weighted by molar-refractivity contribution is -0.122. The molecule has 1 aromatic rings. The van der Waals surface area contributed by atoms with Crippen LogP contribution in [-0.2, 0) is 4.79 Å². The lowest BCUT2D eigenvalue weighted by Crippen LogP contribution is -2.43. The van der Waals surface area contributed by atoms with E-state index < -0.39 is 6.04 Å². The molecule has 0 bridgehead atoms. The Balaban J connectivity index is 1.99. The number of hydrogen-bond donors (Lipinski definition) is 2. The fourth-order valence-electron chi connectivity index (χ4n) is 1.89. The van der Waals surface area contributed by atoms with E-state index in [2.05, 4.69) is 5.32 Å². The largest absolute Gasteiger partial charge is 0.353 e. The quantitative estimate of drug-likeness (QED) is 0.731. The predicted molar refractivity (Wildman–Crippen MR) is 68.5 cm³/mol. The predicted octanol–water partition coefficient (Wildman–Crippen LogP) is -0.254. The van der Waals surface area contributed by atoms with Crippen molar-refractivity contribution in [2.45, 2.75) is 13.0 Å². The number of nitrogens with zero attached hydrogens (tertiary/aromatic N) is 1.